The minimum atomic E-state index is -0.388. The standard InChI is InChI=1S/C12H12BrFO2/c1-3-16-12(15)6-8(2)9-4-5-11(14)10(13)7-9/h4-7H,3H2,1-2H3/b8-6-. The highest BCUT2D eigenvalue weighted by Gasteiger charge is 2.04. The van der Waals surface area contributed by atoms with Gasteiger partial charge in [0.2, 0.25) is 0 Å². The van der Waals surface area contributed by atoms with Crippen LogP contribution in [0, 0.1) is 5.82 Å². The van der Waals surface area contributed by atoms with Gasteiger partial charge in [-0.05, 0) is 53.0 Å². The predicted molar refractivity (Wildman–Crippen MR) is 64.4 cm³/mol. The second-order valence-electron chi connectivity index (χ2n) is 3.21. The van der Waals surface area contributed by atoms with E-state index in [9.17, 15) is 9.18 Å². The number of halogens is 2. The van der Waals surface area contributed by atoms with Crippen LogP contribution in [-0.2, 0) is 9.53 Å². The van der Waals surface area contributed by atoms with Gasteiger partial charge in [-0.1, -0.05) is 6.07 Å². The largest absolute Gasteiger partial charge is 0.463 e. The minimum Gasteiger partial charge on any atom is -0.463 e. The van der Waals surface area contributed by atoms with Gasteiger partial charge in [0.25, 0.3) is 0 Å². The molecule has 4 heteroatoms. The molecule has 0 saturated heterocycles. The van der Waals surface area contributed by atoms with Crippen LogP contribution in [0.2, 0.25) is 0 Å². The van der Waals surface area contributed by atoms with Crippen LogP contribution in [0.25, 0.3) is 5.57 Å². The molecule has 0 heterocycles. The molecule has 86 valence electrons. The molecule has 0 N–H and O–H groups in total. The third-order valence-corrected chi connectivity index (χ3v) is 2.60. The zero-order chi connectivity index (χ0) is 12.1. The van der Waals surface area contributed by atoms with E-state index in [-0.39, 0.29) is 11.8 Å². The van der Waals surface area contributed by atoms with E-state index < -0.39 is 0 Å². The topological polar surface area (TPSA) is 26.3 Å². The van der Waals surface area contributed by atoms with Crippen LogP contribution < -0.4 is 0 Å². The van der Waals surface area contributed by atoms with E-state index in [1.165, 1.54) is 12.1 Å². The summed E-state index contributed by atoms with van der Waals surface area (Å²) in [4.78, 5) is 11.2. The van der Waals surface area contributed by atoms with Crippen LogP contribution in [0.1, 0.15) is 19.4 Å². The van der Waals surface area contributed by atoms with E-state index in [4.69, 9.17) is 4.74 Å². The lowest BCUT2D eigenvalue weighted by Crippen LogP contribution is -2.00. The summed E-state index contributed by atoms with van der Waals surface area (Å²) in [6.07, 6.45) is 1.39. The van der Waals surface area contributed by atoms with Crippen LogP contribution in [0.15, 0.2) is 28.7 Å². The van der Waals surface area contributed by atoms with Gasteiger partial charge in [-0.3, -0.25) is 0 Å². The molecule has 1 aromatic rings. The van der Waals surface area contributed by atoms with Gasteiger partial charge in [-0.2, -0.15) is 0 Å². The Hall–Kier alpha value is -1.16. The Morgan fingerprint density at radius 3 is 2.81 bits per heavy atom. The van der Waals surface area contributed by atoms with Gasteiger partial charge in [0.15, 0.2) is 0 Å². The van der Waals surface area contributed by atoms with Crippen molar-refractivity contribution in [2.24, 2.45) is 0 Å². The van der Waals surface area contributed by atoms with Gasteiger partial charge in [-0.25, -0.2) is 9.18 Å². The minimum absolute atomic E-state index is 0.326. The number of esters is 1. The molecular formula is C12H12BrFO2. The van der Waals surface area contributed by atoms with Crippen molar-refractivity contribution >= 4 is 27.5 Å². The van der Waals surface area contributed by atoms with Gasteiger partial charge in [-0.15, -0.1) is 0 Å². The fourth-order valence-corrected chi connectivity index (χ4v) is 1.56. The van der Waals surface area contributed by atoms with Crippen LogP contribution in [0.4, 0.5) is 4.39 Å². The molecule has 0 unspecified atom stereocenters. The van der Waals surface area contributed by atoms with Crippen molar-refractivity contribution in [1.29, 1.82) is 0 Å². The van der Waals surface area contributed by atoms with Crippen LogP contribution in [0.3, 0.4) is 0 Å². The third-order valence-electron chi connectivity index (χ3n) is 2.00. The Bertz CT molecular complexity index is 427. The summed E-state index contributed by atoms with van der Waals surface area (Å²) < 4.78 is 18.2. The Balaban J connectivity index is 2.91. The number of allylic oxidation sites excluding steroid dienone is 1. The molecule has 0 aliphatic carbocycles. The average molecular weight is 287 g/mol. The van der Waals surface area contributed by atoms with Crippen molar-refractivity contribution in [3.05, 3.63) is 40.1 Å². The third kappa shape index (κ3) is 3.45. The molecule has 0 amide bonds. The summed E-state index contributed by atoms with van der Waals surface area (Å²) >= 11 is 3.09. The van der Waals surface area contributed by atoms with Crippen molar-refractivity contribution in [3.8, 4) is 0 Å². The number of carbonyl (C=O) groups excluding carboxylic acids is 1. The highest BCUT2D eigenvalue weighted by atomic mass is 79.9. The van der Waals surface area contributed by atoms with Crippen LogP contribution >= 0.6 is 15.9 Å². The normalized spacial score (nSPS) is 11.4. The molecule has 0 saturated carbocycles. The number of ether oxygens (including phenoxy) is 1. The highest BCUT2D eigenvalue weighted by Crippen LogP contribution is 2.21. The van der Waals surface area contributed by atoms with Crippen molar-refractivity contribution in [1.82, 2.24) is 0 Å². The zero-order valence-corrected chi connectivity index (χ0v) is 10.7. The van der Waals surface area contributed by atoms with Gasteiger partial charge in [0, 0.05) is 6.08 Å². The second kappa shape index (κ2) is 5.80. The summed E-state index contributed by atoms with van der Waals surface area (Å²) in [7, 11) is 0. The molecule has 1 rings (SSSR count). The van der Waals surface area contributed by atoms with Crippen molar-refractivity contribution < 1.29 is 13.9 Å². The lowest BCUT2D eigenvalue weighted by atomic mass is 10.1. The quantitative estimate of drug-likeness (QED) is 0.627. The first-order chi connectivity index (χ1) is 7.54. The maximum atomic E-state index is 13.0. The lowest BCUT2D eigenvalue weighted by Gasteiger charge is -2.03. The Morgan fingerprint density at radius 2 is 2.25 bits per heavy atom. The Labute approximate surface area is 102 Å². The van der Waals surface area contributed by atoms with Gasteiger partial charge < -0.3 is 4.74 Å². The highest BCUT2D eigenvalue weighted by molar-refractivity contribution is 9.10. The maximum absolute atomic E-state index is 13.0. The molecular weight excluding hydrogens is 275 g/mol. The first-order valence-corrected chi connectivity index (χ1v) is 5.64. The first-order valence-electron chi connectivity index (χ1n) is 4.85. The number of carbonyl (C=O) groups is 1. The van der Waals surface area contributed by atoms with E-state index in [0.29, 0.717) is 11.1 Å². The van der Waals surface area contributed by atoms with E-state index in [0.717, 1.165) is 11.1 Å². The molecule has 0 radical (unpaired) electrons. The Morgan fingerprint density at radius 1 is 1.56 bits per heavy atom. The second-order valence-corrected chi connectivity index (χ2v) is 4.06. The number of hydrogen-bond donors (Lipinski definition) is 0. The molecule has 0 aromatic heterocycles. The summed E-state index contributed by atoms with van der Waals surface area (Å²) in [5.74, 6) is -0.715. The summed E-state index contributed by atoms with van der Waals surface area (Å²) in [6.45, 7) is 3.86. The smallest absolute Gasteiger partial charge is 0.331 e. The van der Waals surface area contributed by atoms with Crippen LogP contribution in [0.5, 0.6) is 0 Å². The molecule has 0 spiro atoms. The molecule has 1 aromatic carbocycles. The summed E-state index contributed by atoms with van der Waals surface area (Å²) in [5, 5.41) is 0. The zero-order valence-electron chi connectivity index (χ0n) is 9.09. The molecule has 0 atom stereocenters. The predicted octanol–water partition coefficient (Wildman–Crippen LogP) is 3.55. The molecule has 0 fully saturated rings. The van der Waals surface area contributed by atoms with Crippen molar-refractivity contribution in [2.75, 3.05) is 6.61 Å². The maximum Gasteiger partial charge on any atom is 0.331 e. The van der Waals surface area contributed by atoms with Crippen molar-refractivity contribution in [2.45, 2.75) is 13.8 Å². The van der Waals surface area contributed by atoms with Crippen molar-refractivity contribution in [3.63, 3.8) is 0 Å². The average Bonchev–Trinajstić information content (AvgIpc) is 2.22. The van der Waals surface area contributed by atoms with Crippen LogP contribution in [-0.4, -0.2) is 12.6 Å². The SMILES string of the molecule is CCOC(=O)/C=C(/C)c1ccc(F)c(Br)c1. The lowest BCUT2D eigenvalue weighted by molar-refractivity contribution is -0.137. The van der Waals surface area contributed by atoms with E-state index in [2.05, 4.69) is 15.9 Å². The molecule has 16 heavy (non-hydrogen) atoms. The fraction of sp³-hybridized carbons (Fsp3) is 0.250. The number of benzene rings is 1. The summed E-state index contributed by atoms with van der Waals surface area (Å²) in [6, 6.07) is 4.59. The fourth-order valence-electron chi connectivity index (χ4n) is 1.19. The first kappa shape index (κ1) is 12.9. The molecule has 2 nitrogen and oxygen atoms in total. The Kier molecular flexibility index (Phi) is 4.68. The summed E-state index contributed by atoms with van der Waals surface area (Å²) in [5.41, 5.74) is 1.51. The van der Waals surface area contributed by atoms with Gasteiger partial charge in [0.1, 0.15) is 5.82 Å². The number of hydrogen-bond acceptors (Lipinski definition) is 2. The molecule has 0 aliphatic rings. The van der Waals surface area contributed by atoms with E-state index in [1.807, 2.05) is 0 Å². The molecule has 0 bridgehead atoms. The van der Waals surface area contributed by atoms with Gasteiger partial charge in [0.05, 0.1) is 11.1 Å². The molecule has 0 aliphatic heterocycles. The van der Waals surface area contributed by atoms with E-state index in [1.54, 1.807) is 26.0 Å². The van der Waals surface area contributed by atoms with E-state index >= 15 is 0 Å². The monoisotopic (exact) mass is 286 g/mol. The van der Waals surface area contributed by atoms with Gasteiger partial charge >= 0.3 is 5.97 Å². The number of rotatable bonds is 3.